The molecule has 0 aliphatic carbocycles. The van der Waals surface area contributed by atoms with E-state index in [-0.39, 0.29) is 29.5 Å². The number of nitrogens with zero attached hydrogens (tertiary/aromatic N) is 1. The Kier molecular flexibility index (Phi) is 5.18. The van der Waals surface area contributed by atoms with E-state index < -0.39 is 9.84 Å². The zero-order chi connectivity index (χ0) is 20.3. The van der Waals surface area contributed by atoms with Crippen LogP contribution in [-0.2, 0) is 21.2 Å². The summed E-state index contributed by atoms with van der Waals surface area (Å²) in [5.41, 5.74) is 1.26. The lowest BCUT2D eigenvalue weighted by atomic mass is 10.2. The summed E-state index contributed by atoms with van der Waals surface area (Å²) >= 11 is 0. The number of hydrogen-bond donors (Lipinski definition) is 1. The van der Waals surface area contributed by atoms with E-state index in [1.165, 1.54) is 12.1 Å². The third-order valence-electron chi connectivity index (χ3n) is 4.39. The molecule has 1 N–H and O–H groups in total. The fraction of sp³-hybridized carbons (Fsp3) is 0.143. The molecule has 4 aromatic rings. The van der Waals surface area contributed by atoms with Gasteiger partial charge in [-0.1, -0.05) is 41.6 Å². The van der Waals surface area contributed by atoms with Gasteiger partial charge in [0, 0.05) is 17.9 Å². The second kappa shape index (κ2) is 7.92. The molecule has 0 unspecified atom stereocenters. The van der Waals surface area contributed by atoms with Gasteiger partial charge in [0.05, 0.1) is 17.2 Å². The molecule has 2 aromatic carbocycles. The van der Waals surface area contributed by atoms with Crippen LogP contribution in [0, 0.1) is 0 Å². The Bertz CT molecular complexity index is 1210. The Balaban J connectivity index is 1.33. The fourth-order valence-corrected chi connectivity index (χ4v) is 4.13. The highest BCUT2D eigenvalue weighted by molar-refractivity contribution is 7.91. The van der Waals surface area contributed by atoms with Crippen molar-refractivity contribution >= 4 is 26.7 Å². The second-order valence-electron chi connectivity index (χ2n) is 6.49. The van der Waals surface area contributed by atoms with Gasteiger partial charge in [-0.25, -0.2) is 8.42 Å². The van der Waals surface area contributed by atoms with E-state index in [1.54, 1.807) is 24.3 Å². The minimum atomic E-state index is -3.49. The quantitative estimate of drug-likeness (QED) is 0.500. The molecule has 0 atom stereocenters. The molecule has 0 fully saturated rings. The maximum Gasteiger partial charge on any atom is 0.221 e. The number of hydrogen-bond acceptors (Lipinski definition) is 6. The number of carbonyl (C=O) groups excluding carboxylic acids is 1. The molecule has 29 heavy (non-hydrogen) atoms. The lowest BCUT2D eigenvalue weighted by Crippen LogP contribution is -2.25. The predicted octanol–water partition coefficient (Wildman–Crippen LogP) is 3.57. The smallest absolute Gasteiger partial charge is 0.221 e. The Hall–Kier alpha value is -3.39. The van der Waals surface area contributed by atoms with Gasteiger partial charge in [-0.2, -0.15) is 0 Å². The van der Waals surface area contributed by atoms with Crippen LogP contribution in [0.1, 0.15) is 12.1 Å². The highest BCUT2D eigenvalue weighted by Crippen LogP contribution is 2.28. The highest BCUT2D eigenvalue weighted by Gasteiger charge is 2.17. The van der Waals surface area contributed by atoms with Crippen molar-refractivity contribution in [2.24, 2.45) is 0 Å². The first-order valence-electron chi connectivity index (χ1n) is 9.00. The average molecular weight is 410 g/mol. The van der Waals surface area contributed by atoms with Crippen LogP contribution in [0.25, 0.3) is 22.5 Å². The van der Waals surface area contributed by atoms with Crippen molar-refractivity contribution in [1.29, 1.82) is 0 Å². The molecule has 0 aliphatic heterocycles. The first-order chi connectivity index (χ1) is 14.0. The van der Waals surface area contributed by atoms with Crippen molar-refractivity contribution in [3.05, 3.63) is 72.4 Å². The fourth-order valence-electron chi connectivity index (χ4n) is 2.86. The predicted molar refractivity (Wildman–Crippen MR) is 107 cm³/mol. The largest absolute Gasteiger partial charge is 0.453 e. The van der Waals surface area contributed by atoms with Gasteiger partial charge >= 0.3 is 0 Å². The van der Waals surface area contributed by atoms with Gasteiger partial charge in [0.2, 0.25) is 11.7 Å². The molecule has 2 heterocycles. The summed E-state index contributed by atoms with van der Waals surface area (Å²) in [5.74, 6) is 0.367. The molecule has 148 valence electrons. The first-order valence-corrected chi connectivity index (χ1v) is 10.7. The number of furan rings is 1. The van der Waals surface area contributed by atoms with E-state index in [4.69, 9.17) is 8.94 Å². The maximum absolute atomic E-state index is 12.2. The molecule has 0 saturated carbocycles. The maximum atomic E-state index is 12.2. The number of amides is 1. The number of para-hydroxylation sites is 1. The SMILES string of the molecule is O=C(CCS(=O)(=O)c1ccccc1)NCc1cc(-c2cc3ccccc3o2)on1. The summed E-state index contributed by atoms with van der Waals surface area (Å²) in [7, 11) is -3.49. The molecule has 1 amide bonds. The van der Waals surface area contributed by atoms with Gasteiger partial charge in [-0.3, -0.25) is 4.79 Å². The zero-order valence-corrected chi connectivity index (χ0v) is 16.2. The molecule has 0 radical (unpaired) electrons. The summed E-state index contributed by atoms with van der Waals surface area (Å²) in [6, 6.07) is 19.2. The van der Waals surface area contributed by atoms with E-state index >= 15 is 0 Å². The van der Waals surface area contributed by atoms with Crippen LogP contribution in [0.3, 0.4) is 0 Å². The van der Waals surface area contributed by atoms with E-state index in [2.05, 4.69) is 10.5 Å². The van der Waals surface area contributed by atoms with Crippen LogP contribution >= 0.6 is 0 Å². The minimum Gasteiger partial charge on any atom is -0.453 e. The number of nitrogens with one attached hydrogen (secondary N) is 1. The number of rotatable bonds is 7. The van der Waals surface area contributed by atoms with E-state index in [1.807, 2.05) is 30.3 Å². The summed E-state index contributed by atoms with van der Waals surface area (Å²) in [6.07, 6.45) is -0.133. The zero-order valence-electron chi connectivity index (χ0n) is 15.4. The molecule has 0 spiro atoms. The van der Waals surface area contributed by atoms with Crippen LogP contribution in [0.15, 0.2) is 80.6 Å². The third-order valence-corrected chi connectivity index (χ3v) is 6.13. The van der Waals surface area contributed by atoms with Crippen molar-refractivity contribution in [3.8, 4) is 11.5 Å². The van der Waals surface area contributed by atoms with E-state index in [9.17, 15) is 13.2 Å². The Morgan fingerprint density at radius 1 is 0.966 bits per heavy atom. The van der Waals surface area contributed by atoms with Gasteiger partial charge < -0.3 is 14.3 Å². The molecule has 0 saturated heterocycles. The van der Waals surface area contributed by atoms with Gasteiger partial charge in [-0.15, -0.1) is 0 Å². The molecule has 0 aliphatic rings. The van der Waals surface area contributed by atoms with Crippen LogP contribution in [0.5, 0.6) is 0 Å². The van der Waals surface area contributed by atoms with Crippen molar-refractivity contribution in [1.82, 2.24) is 10.5 Å². The molecule has 2 aromatic heterocycles. The van der Waals surface area contributed by atoms with Crippen molar-refractivity contribution in [3.63, 3.8) is 0 Å². The third kappa shape index (κ3) is 4.38. The Labute approximate surface area is 167 Å². The highest BCUT2D eigenvalue weighted by atomic mass is 32.2. The van der Waals surface area contributed by atoms with Crippen LogP contribution in [0.4, 0.5) is 0 Å². The monoisotopic (exact) mass is 410 g/mol. The Morgan fingerprint density at radius 2 is 1.72 bits per heavy atom. The first kappa shape index (κ1) is 18.9. The lowest BCUT2D eigenvalue weighted by molar-refractivity contribution is -0.120. The number of fused-ring (bicyclic) bond motifs is 1. The Morgan fingerprint density at radius 3 is 2.52 bits per heavy atom. The molecular weight excluding hydrogens is 392 g/mol. The number of sulfone groups is 1. The second-order valence-corrected chi connectivity index (χ2v) is 8.60. The summed E-state index contributed by atoms with van der Waals surface area (Å²) < 4.78 is 35.5. The van der Waals surface area contributed by atoms with Crippen molar-refractivity contribution < 1.29 is 22.2 Å². The molecule has 8 heteroatoms. The number of carbonyl (C=O) groups is 1. The van der Waals surface area contributed by atoms with E-state index in [0.717, 1.165) is 11.0 Å². The van der Waals surface area contributed by atoms with Gasteiger partial charge in [0.25, 0.3) is 0 Å². The molecule has 7 nitrogen and oxygen atoms in total. The summed E-state index contributed by atoms with van der Waals surface area (Å²) in [4.78, 5) is 12.2. The number of benzene rings is 2. The molecule has 4 rings (SSSR count). The normalized spacial score (nSPS) is 11.6. The van der Waals surface area contributed by atoms with Crippen LogP contribution < -0.4 is 5.32 Å². The van der Waals surface area contributed by atoms with E-state index in [0.29, 0.717) is 17.2 Å². The molecular formula is C21H18N2O5S. The molecule has 0 bridgehead atoms. The summed E-state index contributed by atoms with van der Waals surface area (Å²) in [6.45, 7) is 0.133. The van der Waals surface area contributed by atoms with Crippen molar-refractivity contribution in [2.45, 2.75) is 17.9 Å². The topological polar surface area (TPSA) is 102 Å². The van der Waals surface area contributed by atoms with Crippen LogP contribution in [-0.4, -0.2) is 25.2 Å². The van der Waals surface area contributed by atoms with Gasteiger partial charge in [0.1, 0.15) is 11.3 Å². The average Bonchev–Trinajstić information content (AvgIpc) is 3.38. The van der Waals surface area contributed by atoms with Crippen molar-refractivity contribution in [2.75, 3.05) is 5.75 Å². The lowest BCUT2D eigenvalue weighted by Gasteiger charge is -2.05. The van der Waals surface area contributed by atoms with Gasteiger partial charge in [0.15, 0.2) is 15.6 Å². The van der Waals surface area contributed by atoms with Gasteiger partial charge in [-0.05, 0) is 24.3 Å². The number of aromatic nitrogens is 1. The van der Waals surface area contributed by atoms with Crippen LogP contribution in [0.2, 0.25) is 0 Å². The minimum absolute atomic E-state index is 0.133. The summed E-state index contributed by atoms with van der Waals surface area (Å²) in [5, 5.41) is 7.53. The standard InChI is InChI=1S/C21H18N2O5S/c24-21(10-11-29(25,26)17-7-2-1-3-8-17)22-14-16-13-20(28-23-16)19-12-15-6-4-5-9-18(15)27-19/h1-9,12-13H,10-11,14H2,(H,22,24).